The Kier molecular flexibility index (Phi) is 6.87. The number of rotatable bonds is 7. The van der Waals surface area contributed by atoms with E-state index in [1.807, 2.05) is 0 Å². The van der Waals surface area contributed by atoms with Crippen molar-refractivity contribution in [2.45, 2.75) is 57.4 Å². The smallest absolute Gasteiger partial charge is 0.452 e. The van der Waals surface area contributed by atoms with Gasteiger partial charge in [-0.15, -0.1) is 0 Å². The van der Waals surface area contributed by atoms with Gasteiger partial charge in [0.05, 0.1) is 45.4 Å². The lowest BCUT2D eigenvalue weighted by atomic mass is 10.0. The molecule has 0 aliphatic carbocycles. The number of benzene rings is 2. The van der Waals surface area contributed by atoms with E-state index in [0.29, 0.717) is 0 Å². The van der Waals surface area contributed by atoms with E-state index >= 15 is 0 Å². The van der Waals surface area contributed by atoms with E-state index in [4.69, 9.17) is 0 Å². The van der Waals surface area contributed by atoms with Crippen LogP contribution in [0.5, 0.6) is 5.75 Å². The molecule has 0 spiro atoms. The zero-order chi connectivity index (χ0) is 29.1. The van der Waals surface area contributed by atoms with E-state index in [9.17, 15) is 40.7 Å². The molecule has 1 saturated heterocycles. The second kappa shape index (κ2) is 9.37. The summed E-state index contributed by atoms with van der Waals surface area (Å²) in [5.74, 6) is -1.47. The quantitative estimate of drug-likeness (QED) is 0.419. The lowest BCUT2D eigenvalue weighted by Crippen LogP contribution is -2.63. The van der Waals surface area contributed by atoms with Gasteiger partial charge in [-0.3, -0.25) is 13.9 Å². The number of imidazole rings is 1. The molecule has 0 saturated carbocycles. The molecule has 1 aliphatic rings. The van der Waals surface area contributed by atoms with Crippen LogP contribution >= 0.6 is 0 Å². The first kappa shape index (κ1) is 28.6. The standard InChI is InChI=1S/C25H27F4N3O6S/c1-14(23(2,3)35)31-19-10-15(20(33)30-24(4)12-39(36,37)13-24)8-9-18(19)32(22(31)34)16-6-5-7-17(11-16)38-21(26)25(27,28)29/h5-11,14,21,35H,12-13H2,1-4H3,(H,30,33)/t14-,21+/m1/s1. The molecule has 0 unspecified atom stereocenters. The van der Waals surface area contributed by atoms with E-state index in [1.54, 1.807) is 13.8 Å². The van der Waals surface area contributed by atoms with Crippen molar-refractivity contribution < 1.29 is 40.6 Å². The van der Waals surface area contributed by atoms with E-state index in [-0.39, 0.29) is 33.8 Å². The number of aromatic nitrogens is 2. The molecular weight excluding hydrogens is 546 g/mol. The van der Waals surface area contributed by atoms with Crippen LogP contribution in [0.3, 0.4) is 0 Å². The number of carbonyl (C=O) groups is 1. The lowest BCUT2D eigenvalue weighted by Gasteiger charge is -2.38. The number of nitrogens with one attached hydrogen (secondary N) is 1. The fourth-order valence-corrected chi connectivity index (χ4v) is 6.53. The minimum absolute atomic E-state index is 0.0583. The van der Waals surface area contributed by atoms with Gasteiger partial charge in [-0.1, -0.05) is 6.07 Å². The Balaban J connectivity index is 1.82. The molecule has 1 aliphatic heterocycles. The second-order valence-corrected chi connectivity index (χ2v) is 12.6. The molecule has 0 bridgehead atoms. The van der Waals surface area contributed by atoms with Crippen molar-refractivity contribution in [1.29, 1.82) is 0 Å². The zero-order valence-corrected chi connectivity index (χ0v) is 22.2. The Morgan fingerprint density at radius 1 is 1.13 bits per heavy atom. The highest BCUT2D eigenvalue weighted by atomic mass is 32.2. The normalized spacial score (nSPS) is 18.3. The molecule has 39 heavy (non-hydrogen) atoms. The number of aliphatic hydroxyl groups is 1. The first-order valence-electron chi connectivity index (χ1n) is 11.8. The minimum Gasteiger partial charge on any atom is -0.452 e. The number of alkyl halides is 4. The number of hydrogen-bond acceptors (Lipinski definition) is 6. The molecule has 14 heteroatoms. The maximum absolute atomic E-state index is 13.7. The number of fused-ring (bicyclic) bond motifs is 1. The number of halogens is 4. The molecule has 2 N–H and O–H groups in total. The average Bonchev–Trinajstić information content (AvgIpc) is 3.06. The predicted molar refractivity (Wildman–Crippen MR) is 135 cm³/mol. The lowest BCUT2D eigenvalue weighted by molar-refractivity contribution is -0.236. The molecular formula is C25H27F4N3O6S. The SMILES string of the molecule is C[C@@H](n1c(=O)n(-c2cccc(O[C@H](F)C(F)(F)F)c2)c2ccc(C(=O)NC3(C)CS(=O)(=O)C3)cc21)C(C)(C)O. The second-order valence-electron chi connectivity index (χ2n) is 10.5. The monoisotopic (exact) mass is 573 g/mol. The van der Waals surface area contributed by atoms with Crippen LogP contribution < -0.4 is 15.7 Å². The molecule has 2 heterocycles. The van der Waals surface area contributed by atoms with E-state index in [2.05, 4.69) is 10.1 Å². The number of nitrogens with zero attached hydrogens (tertiary/aromatic N) is 2. The van der Waals surface area contributed by atoms with Crippen LogP contribution in [-0.2, 0) is 9.84 Å². The fraction of sp³-hybridized carbons (Fsp3) is 0.440. The first-order chi connectivity index (χ1) is 17.8. The molecule has 9 nitrogen and oxygen atoms in total. The summed E-state index contributed by atoms with van der Waals surface area (Å²) in [6.07, 6.45) is -8.82. The highest BCUT2D eigenvalue weighted by Crippen LogP contribution is 2.31. The largest absolute Gasteiger partial charge is 0.457 e. The Morgan fingerprint density at radius 2 is 1.77 bits per heavy atom. The van der Waals surface area contributed by atoms with E-state index in [0.717, 1.165) is 16.7 Å². The molecule has 1 fully saturated rings. The summed E-state index contributed by atoms with van der Waals surface area (Å²) in [7, 11) is -3.23. The number of amides is 1. The summed E-state index contributed by atoms with van der Waals surface area (Å²) >= 11 is 0. The van der Waals surface area contributed by atoms with Crippen LogP contribution in [0.2, 0.25) is 0 Å². The molecule has 1 amide bonds. The Bertz CT molecular complexity index is 1590. The van der Waals surface area contributed by atoms with Gasteiger partial charge >= 0.3 is 18.2 Å². The molecule has 3 aromatic rings. The number of sulfone groups is 1. The molecule has 1 aromatic heterocycles. The maximum Gasteiger partial charge on any atom is 0.457 e. The van der Waals surface area contributed by atoms with Crippen molar-refractivity contribution in [3.8, 4) is 11.4 Å². The van der Waals surface area contributed by atoms with Crippen molar-refractivity contribution in [1.82, 2.24) is 14.5 Å². The van der Waals surface area contributed by atoms with E-state index < -0.39 is 56.9 Å². The van der Waals surface area contributed by atoms with Gasteiger partial charge in [-0.2, -0.15) is 17.6 Å². The zero-order valence-electron chi connectivity index (χ0n) is 21.4. The van der Waals surface area contributed by atoms with Crippen molar-refractivity contribution in [2.24, 2.45) is 0 Å². The Labute approximate surface area is 220 Å². The third kappa shape index (κ3) is 5.66. The Morgan fingerprint density at radius 3 is 2.33 bits per heavy atom. The summed E-state index contributed by atoms with van der Waals surface area (Å²) in [6, 6.07) is 8.30. The minimum atomic E-state index is -5.25. The van der Waals surface area contributed by atoms with Gasteiger partial charge in [0.2, 0.25) is 0 Å². The maximum atomic E-state index is 13.7. The van der Waals surface area contributed by atoms with Gasteiger partial charge in [0.1, 0.15) is 5.75 Å². The summed E-state index contributed by atoms with van der Waals surface area (Å²) in [6.45, 7) is 6.14. The van der Waals surface area contributed by atoms with Crippen LogP contribution in [0.4, 0.5) is 17.6 Å². The van der Waals surface area contributed by atoms with Gasteiger partial charge in [-0.25, -0.2) is 13.2 Å². The van der Waals surface area contributed by atoms with E-state index in [1.165, 1.54) is 48.7 Å². The highest BCUT2D eigenvalue weighted by Gasteiger charge is 2.46. The van der Waals surface area contributed by atoms with Gasteiger partial charge in [0.25, 0.3) is 5.91 Å². The summed E-state index contributed by atoms with van der Waals surface area (Å²) in [5, 5.41) is 13.4. The van der Waals surface area contributed by atoms with Gasteiger partial charge in [0.15, 0.2) is 9.84 Å². The summed E-state index contributed by atoms with van der Waals surface area (Å²) < 4.78 is 81.5. The van der Waals surface area contributed by atoms with Gasteiger partial charge in [-0.05, 0) is 58.0 Å². The molecule has 2 atom stereocenters. The third-order valence-corrected chi connectivity index (χ3v) is 8.76. The van der Waals surface area contributed by atoms with Crippen LogP contribution in [0, 0.1) is 0 Å². The number of ether oxygens (including phenoxy) is 1. The predicted octanol–water partition coefficient (Wildman–Crippen LogP) is 3.28. The topological polar surface area (TPSA) is 120 Å². The fourth-order valence-electron chi connectivity index (χ4n) is 4.53. The van der Waals surface area contributed by atoms with Crippen LogP contribution in [0.15, 0.2) is 47.3 Å². The molecule has 2 aromatic carbocycles. The molecule has 0 radical (unpaired) electrons. The van der Waals surface area contributed by atoms with Crippen molar-refractivity contribution >= 4 is 26.8 Å². The van der Waals surface area contributed by atoms with Crippen LogP contribution in [0.1, 0.15) is 44.1 Å². The number of carbonyl (C=O) groups excluding carboxylic acids is 1. The van der Waals surface area contributed by atoms with Crippen molar-refractivity contribution in [3.63, 3.8) is 0 Å². The Hall–Kier alpha value is -3.39. The highest BCUT2D eigenvalue weighted by molar-refractivity contribution is 7.93. The average molecular weight is 574 g/mol. The van der Waals surface area contributed by atoms with Crippen molar-refractivity contribution in [2.75, 3.05) is 11.5 Å². The summed E-state index contributed by atoms with van der Waals surface area (Å²) in [5.41, 5.74) is -2.39. The summed E-state index contributed by atoms with van der Waals surface area (Å²) in [4.78, 5) is 26.6. The molecule has 212 valence electrons. The third-order valence-electron chi connectivity index (χ3n) is 6.61. The first-order valence-corrected chi connectivity index (χ1v) is 13.6. The molecule has 4 rings (SSSR count). The van der Waals surface area contributed by atoms with Gasteiger partial charge < -0.3 is 15.2 Å². The van der Waals surface area contributed by atoms with Crippen LogP contribution in [-0.4, -0.2) is 63.7 Å². The number of hydrogen-bond donors (Lipinski definition) is 2. The van der Waals surface area contributed by atoms with Crippen LogP contribution in [0.25, 0.3) is 16.7 Å². The van der Waals surface area contributed by atoms with Gasteiger partial charge in [0, 0.05) is 11.6 Å². The van der Waals surface area contributed by atoms with Crippen molar-refractivity contribution in [3.05, 3.63) is 58.5 Å².